The van der Waals surface area contributed by atoms with Gasteiger partial charge in [-0.25, -0.2) is 14.6 Å². The Kier molecular flexibility index (Phi) is 5.42. The lowest BCUT2D eigenvalue weighted by Gasteiger charge is -2.20. The summed E-state index contributed by atoms with van der Waals surface area (Å²) in [4.78, 5) is 31.3. The van der Waals surface area contributed by atoms with E-state index in [1.54, 1.807) is 24.3 Å². The Morgan fingerprint density at radius 1 is 1.00 bits per heavy atom. The number of anilines is 1. The van der Waals surface area contributed by atoms with Crippen LogP contribution < -0.4 is 4.90 Å². The molecule has 1 aliphatic heterocycles. The first-order valence-electron chi connectivity index (χ1n) is 9.65. The number of fused-ring (bicyclic) bond motifs is 1. The van der Waals surface area contributed by atoms with Crippen LogP contribution in [-0.4, -0.2) is 37.1 Å². The summed E-state index contributed by atoms with van der Waals surface area (Å²) in [6.45, 7) is 1.90. The molecule has 1 fully saturated rings. The molecule has 0 aliphatic carbocycles. The van der Waals surface area contributed by atoms with E-state index in [4.69, 9.17) is 14.5 Å². The molecule has 0 amide bonds. The summed E-state index contributed by atoms with van der Waals surface area (Å²) in [5.41, 5.74) is 2.60. The third-order valence-corrected chi connectivity index (χ3v) is 5.07. The van der Waals surface area contributed by atoms with E-state index in [0.717, 1.165) is 42.4 Å². The molecule has 0 atom stereocenters. The maximum Gasteiger partial charge on any atom is 0.342 e. The molecule has 1 saturated heterocycles. The van der Waals surface area contributed by atoms with Crippen LogP contribution in [0.2, 0.25) is 0 Å². The lowest BCUT2D eigenvalue weighted by Crippen LogP contribution is -2.23. The van der Waals surface area contributed by atoms with E-state index in [1.807, 2.05) is 30.3 Å². The van der Waals surface area contributed by atoms with Crippen LogP contribution in [0.15, 0.2) is 54.6 Å². The van der Waals surface area contributed by atoms with Crippen molar-refractivity contribution in [3.8, 4) is 0 Å². The van der Waals surface area contributed by atoms with E-state index in [9.17, 15) is 9.59 Å². The van der Waals surface area contributed by atoms with Crippen LogP contribution in [-0.2, 0) is 16.1 Å². The van der Waals surface area contributed by atoms with Gasteiger partial charge in [-0.05, 0) is 42.7 Å². The molecule has 1 aromatic heterocycles. The van der Waals surface area contributed by atoms with Gasteiger partial charge in [0.15, 0.2) is 0 Å². The number of aromatic nitrogens is 1. The molecule has 29 heavy (non-hydrogen) atoms. The van der Waals surface area contributed by atoms with Crippen molar-refractivity contribution >= 4 is 28.7 Å². The molecule has 2 aromatic carbocycles. The maximum atomic E-state index is 12.9. The fraction of sp³-hybridized carbons (Fsp3) is 0.261. The number of methoxy groups -OCH3 is 1. The summed E-state index contributed by atoms with van der Waals surface area (Å²) in [5.74, 6) is -0.111. The fourth-order valence-electron chi connectivity index (χ4n) is 3.51. The number of carbonyl (C=O) groups excluding carboxylic acids is 2. The normalized spacial score (nSPS) is 13.5. The van der Waals surface area contributed by atoms with Gasteiger partial charge in [-0.3, -0.25) is 0 Å². The third-order valence-electron chi connectivity index (χ3n) is 5.07. The Hall–Kier alpha value is -3.41. The summed E-state index contributed by atoms with van der Waals surface area (Å²) in [6, 6.07) is 16.4. The minimum absolute atomic E-state index is 0.118. The number of hydrogen-bond donors (Lipinski definition) is 0. The zero-order valence-electron chi connectivity index (χ0n) is 16.3. The van der Waals surface area contributed by atoms with Gasteiger partial charge in [-0.1, -0.05) is 30.3 Å². The SMILES string of the molecule is COC(=O)c1ccc(COC(=O)c2cc3ccccc3nc2N2CCCC2)cc1. The lowest BCUT2D eigenvalue weighted by molar-refractivity contribution is 0.0472. The second-order valence-electron chi connectivity index (χ2n) is 7.01. The molecule has 1 aliphatic rings. The van der Waals surface area contributed by atoms with E-state index >= 15 is 0 Å². The molecule has 0 radical (unpaired) electrons. The summed E-state index contributed by atoms with van der Waals surface area (Å²) in [6.07, 6.45) is 2.19. The number of benzene rings is 2. The van der Waals surface area contributed by atoms with E-state index in [2.05, 4.69) is 4.90 Å². The molecule has 0 unspecified atom stereocenters. The van der Waals surface area contributed by atoms with Gasteiger partial charge in [0.05, 0.1) is 18.2 Å². The lowest BCUT2D eigenvalue weighted by atomic mass is 10.1. The van der Waals surface area contributed by atoms with E-state index in [0.29, 0.717) is 16.9 Å². The first-order valence-corrected chi connectivity index (χ1v) is 9.65. The number of esters is 2. The van der Waals surface area contributed by atoms with Crippen molar-refractivity contribution in [3.63, 3.8) is 0 Å². The quantitative estimate of drug-likeness (QED) is 0.614. The predicted molar refractivity (Wildman–Crippen MR) is 110 cm³/mol. The largest absolute Gasteiger partial charge is 0.465 e. The highest BCUT2D eigenvalue weighted by atomic mass is 16.5. The minimum atomic E-state index is -0.401. The third kappa shape index (κ3) is 4.06. The standard InChI is InChI=1S/C23H22N2O4/c1-28-22(26)17-10-8-16(9-11-17)15-29-23(27)19-14-18-6-2-3-7-20(18)24-21(19)25-12-4-5-13-25/h2-3,6-11,14H,4-5,12-13,15H2,1H3. The zero-order valence-corrected chi connectivity index (χ0v) is 16.3. The van der Waals surface area contributed by atoms with Gasteiger partial charge < -0.3 is 14.4 Å². The molecular formula is C23H22N2O4. The number of nitrogens with zero attached hydrogens (tertiary/aromatic N) is 2. The van der Waals surface area contributed by atoms with E-state index < -0.39 is 11.9 Å². The number of pyridine rings is 1. The molecule has 0 N–H and O–H groups in total. The highest BCUT2D eigenvalue weighted by Crippen LogP contribution is 2.27. The van der Waals surface area contributed by atoms with Gasteiger partial charge in [0.1, 0.15) is 18.0 Å². The first-order chi connectivity index (χ1) is 14.2. The van der Waals surface area contributed by atoms with Crippen molar-refractivity contribution in [1.82, 2.24) is 4.98 Å². The monoisotopic (exact) mass is 390 g/mol. The molecule has 0 bridgehead atoms. The Morgan fingerprint density at radius 2 is 1.72 bits per heavy atom. The molecule has 0 spiro atoms. The first kappa shape index (κ1) is 18.9. The summed E-state index contributed by atoms with van der Waals surface area (Å²) >= 11 is 0. The van der Waals surface area contributed by atoms with Crippen LogP contribution in [0.5, 0.6) is 0 Å². The van der Waals surface area contributed by atoms with Gasteiger partial charge in [0, 0.05) is 18.5 Å². The Balaban J connectivity index is 1.55. The second kappa shape index (κ2) is 8.31. The Bertz CT molecular complexity index is 1040. The average molecular weight is 390 g/mol. The van der Waals surface area contributed by atoms with Crippen molar-refractivity contribution in [2.24, 2.45) is 0 Å². The molecule has 3 aromatic rings. The van der Waals surface area contributed by atoms with Crippen LogP contribution >= 0.6 is 0 Å². The Morgan fingerprint density at radius 3 is 2.45 bits per heavy atom. The van der Waals surface area contributed by atoms with Crippen molar-refractivity contribution in [2.75, 3.05) is 25.1 Å². The van der Waals surface area contributed by atoms with Crippen LogP contribution in [0.1, 0.15) is 39.1 Å². The van der Waals surface area contributed by atoms with Crippen LogP contribution in [0, 0.1) is 0 Å². The van der Waals surface area contributed by atoms with Gasteiger partial charge in [-0.15, -0.1) is 0 Å². The fourth-order valence-corrected chi connectivity index (χ4v) is 3.51. The van der Waals surface area contributed by atoms with Gasteiger partial charge in [0.2, 0.25) is 0 Å². The average Bonchev–Trinajstić information content (AvgIpc) is 3.31. The molecule has 6 heteroatoms. The van der Waals surface area contributed by atoms with Crippen molar-refractivity contribution in [3.05, 3.63) is 71.3 Å². The van der Waals surface area contributed by atoms with Crippen LogP contribution in [0.25, 0.3) is 10.9 Å². The summed E-state index contributed by atoms with van der Waals surface area (Å²) in [5, 5.41) is 0.907. The smallest absolute Gasteiger partial charge is 0.342 e. The zero-order chi connectivity index (χ0) is 20.2. The molecule has 148 valence electrons. The molecule has 2 heterocycles. The molecule has 4 rings (SSSR count). The predicted octanol–water partition coefficient (Wildman–Crippen LogP) is 3.98. The highest BCUT2D eigenvalue weighted by Gasteiger charge is 2.23. The number of rotatable bonds is 5. The van der Waals surface area contributed by atoms with Crippen molar-refractivity contribution in [2.45, 2.75) is 19.4 Å². The topological polar surface area (TPSA) is 68.7 Å². The highest BCUT2D eigenvalue weighted by molar-refractivity contribution is 5.99. The van der Waals surface area contributed by atoms with Crippen LogP contribution in [0.3, 0.4) is 0 Å². The second-order valence-corrected chi connectivity index (χ2v) is 7.01. The van der Waals surface area contributed by atoms with Gasteiger partial charge in [0.25, 0.3) is 0 Å². The number of para-hydroxylation sites is 1. The molecular weight excluding hydrogens is 368 g/mol. The minimum Gasteiger partial charge on any atom is -0.465 e. The number of hydrogen-bond acceptors (Lipinski definition) is 6. The van der Waals surface area contributed by atoms with Crippen molar-refractivity contribution in [1.29, 1.82) is 0 Å². The van der Waals surface area contributed by atoms with E-state index in [1.165, 1.54) is 7.11 Å². The van der Waals surface area contributed by atoms with E-state index in [-0.39, 0.29) is 6.61 Å². The molecule has 6 nitrogen and oxygen atoms in total. The van der Waals surface area contributed by atoms with Gasteiger partial charge in [-0.2, -0.15) is 0 Å². The number of carbonyl (C=O) groups is 2. The summed E-state index contributed by atoms with van der Waals surface area (Å²) in [7, 11) is 1.34. The molecule has 0 saturated carbocycles. The Labute approximate surface area is 169 Å². The summed E-state index contributed by atoms with van der Waals surface area (Å²) < 4.78 is 10.3. The van der Waals surface area contributed by atoms with Crippen molar-refractivity contribution < 1.29 is 19.1 Å². The van der Waals surface area contributed by atoms with Gasteiger partial charge >= 0.3 is 11.9 Å². The maximum absolute atomic E-state index is 12.9. The number of ether oxygens (including phenoxy) is 2. The van der Waals surface area contributed by atoms with Crippen LogP contribution in [0.4, 0.5) is 5.82 Å².